The van der Waals surface area contributed by atoms with E-state index in [1.165, 1.54) is 17.8 Å². The highest BCUT2D eigenvalue weighted by Gasteiger charge is 2.61. The van der Waals surface area contributed by atoms with E-state index in [2.05, 4.69) is 25.8 Å². The van der Waals surface area contributed by atoms with Gasteiger partial charge in [0.1, 0.15) is 11.0 Å². The second-order valence-corrected chi connectivity index (χ2v) is 13.1. The number of aromatic nitrogens is 1. The van der Waals surface area contributed by atoms with Crippen LogP contribution in [0.3, 0.4) is 0 Å². The average molecular weight is 487 g/mol. The number of carbonyl (C=O) groups is 2. The monoisotopic (exact) mass is 486 g/mol. The SMILES string of the molecule is CC1CC2=CC(=O)CC[C@]2(C)C2CC[C@@]3(C)C(CC[C@@H]3OC(=O)c3cncc(S(N)(=O)=O)c3)C12. The Labute approximate surface area is 201 Å². The van der Waals surface area contributed by atoms with Crippen molar-refractivity contribution >= 4 is 21.8 Å². The van der Waals surface area contributed by atoms with Crippen LogP contribution in [0.5, 0.6) is 0 Å². The van der Waals surface area contributed by atoms with Gasteiger partial charge in [-0.05, 0) is 79.8 Å². The van der Waals surface area contributed by atoms with Gasteiger partial charge < -0.3 is 4.74 Å². The van der Waals surface area contributed by atoms with Crippen LogP contribution in [-0.4, -0.2) is 31.3 Å². The first-order valence-corrected chi connectivity index (χ1v) is 13.9. The van der Waals surface area contributed by atoms with Crippen LogP contribution in [0.25, 0.3) is 0 Å². The number of pyridine rings is 1. The van der Waals surface area contributed by atoms with E-state index in [-0.39, 0.29) is 33.2 Å². The first-order chi connectivity index (χ1) is 15.9. The fourth-order valence-electron chi connectivity index (χ4n) is 7.93. The highest BCUT2D eigenvalue weighted by Crippen LogP contribution is 2.66. The molecule has 0 spiro atoms. The van der Waals surface area contributed by atoms with E-state index in [4.69, 9.17) is 9.88 Å². The quantitative estimate of drug-likeness (QED) is 0.645. The van der Waals surface area contributed by atoms with Crippen molar-refractivity contribution in [2.45, 2.75) is 76.7 Å². The number of nitrogens with two attached hydrogens (primary N) is 1. The fourth-order valence-corrected chi connectivity index (χ4v) is 8.43. The molecule has 4 aliphatic carbocycles. The lowest BCUT2D eigenvalue weighted by Crippen LogP contribution is -2.54. The standard InChI is InChI=1S/C26H34N2O5S/c1-15-10-17-12-18(29)6-8-25(17,2)21-7-9-26(3)20(23(15)21)4-5-22(26)33-24(30)16-11-19(14-28-13-16)34(27,31)32/h11-15,20-23H,4-10H2,1-3H3,(H2,27,31,32)/t15?,20?,21?,22-,23?,25-,26-/m0/s1. The van der Waals surface area contributed by atoms with Crippen molar-refractivity contribution in [1.29, 1.82) is 0 Å². The van der Waals surface area contributed by atoms with Crippen molar-refractivity contribution in [2.75, 3.05) is 0 Å². The van der Waals surface area contributed by atoms with Crippen molar-refractivity contribution in [1.82, 2.24) is 4.98 Å². The van der Waals surface area contributed by atoms with Gasteiger partial charge >= 0.3 is 5.97 Å². The van der Waals surface area contributed by atoms with Gasteiger partial charge in [0.15, 0.2) is 5.78 Å². The maximum absolute atomic E-state index is 13.0. The summed E-state index contributed by atoms with van der Waals surface area (Å²) in [5.41, 5.74) is 1.44. The van der Waals surface area contributed by atoms with E-state index in [0.717, 1.165) is 44.7 Å². The van der Waals surface area contributed by atoms with E-state index in [1.807, 2.05) is 6.08 Å². The van der Waals surface area contributed by atoms with Crippen LogP contribution in [0.2, 0.25) is 0 Å². The van der Waals surface area contributed by atoms with Crippen LogP contribution < -0.4 is 5.14 Å². The highest BCUT2D eigenvalue weighted by atomic mass is 32.2. The molecule has 4 unspecified atom stereocenters. The summed E-state index contributed by atoms with van der Waals surface area (Å²) in [6.45, 7) is 6.96. The lowest BCUT2D eigenvalue weighted by molar-refractivity contribution is -0.119. The van der Waals surface area contributed by atoms with Gasteiger partial charge in [-0.25, -0.2) is 18.4 Å². The molecule has 0 bridgehead atoms. The first kappa shape index (κ1) is 23.7. The smallest absolute Gasteiger partial charge is 0.340 e. The molecule has 4 aliphatic rings. The Kier molecular flexibility index (Phi) is 5.56. The van der Waals surface area contributed by atoms with E-state index in [0.29, 0.717) is 30.1 Å². The van der Waals surface area contributed by atoms with Crippen LogP contribution >= 0.6 is 0 Å². The summed E-state index contributed by atoms with van der Waals surface area (Å²) >= 11 is 0. The molecule has 0 aliphatic heterocycles. The van der Waals surface area contributed by atoms with Crippen molar-refractivity contribution in [3.05, 3.63) is 35.7 Å². The molecular formula is C26H34N2O5S. The minimum atomic E-state index is -3.95. The summed E-state index contributed by atoms with van der Waals surface area (Å²) in [6, 6.07) is 1.23. The Balaban J connectivity index is 1.38. The zero-order valence-electron chi connectivity index (χ0n) is 20.1. The van der Waals surface area contributed by atoms with Crippen LogP contribution in [0.4, 0.5) is 0 Å². The second-order valence-electron chi connectivity index (χ2n) is 11.5. The average Bonchev–Trinajstić information content (AvgIpc) is 3.10. The van der Waals surface area contributed by atoms with E-state index in [1.54, 1.807) is 0 Å². The van der Waals surface area contributed by atoms with Gasteiger partial charge in [-0.15, -0.1) is 0 Å². The normalized spacial score (nSPS) is 39.5. The van der Waals surface area contributed by atoms with Crippen molar-refractivity contribution in [3.63, 3.8) is 0 Å². The predicted octanol–water partition coefficient (Wildman–Crippen LogP) is 4.03. The fraction of sp³-hybridized carbons (Fsp3) is 0.654. The maximum Gasteiger partial charge on any atom is 0.340 e. The molecule has 0 aromatic carbocycles. The molecule has 5 rings (SSSR count). The molecule has 1 heterocycles. The Morgan fingerprint density at radius 1 is 1.15 bits per heavy atom. The van der Waals surface area contributed by atoms with Gasteiger partial charge in [-0.2, -0.15) is 0 Å². The van der Waals surface area contributed by atoms with E-state index in [9.17, 15) is 18.0 Å². The van der Waals surface area contributed by atoms with Crippen LogP contribution in [0.15, 0.2) is 35.0 Å². The Bertz CT molecular complexity index is 1180. The molecule has 1 aromatic rings. The minimum absolute atomic E-state index is 0.0982. The number of esters is 1. The van der Waals surface area contributed by atoms with Crippen LogP contribution in [-0.2, 0) is 19.6 Å². The van der Waals surface area contributed by atoms with Gasteiger partial charge in [0.25, 0.3) is 0 Å². The maximum atomic E-state index is 13.0. The first-order valence-electron chi connectivity index (χ1n) is 12.4. The summed E-state index contributed by atoms with van der Waals surface area (Å²) in [5.74, 6) is 1.78. The van der Waals surface area contributed by atoms with Gasteiger partial charge in [-0.3, -0.25) is 9.78 Å². The number of ketones is 1. The van der Waals surface area contributed by atoms with Gasteiger partial charge in [0.2, 0.25) is 10.0 Å². The summed E-state index contributed by atoms with van der Waals surface area (Å²) in [5, 5.41) is 5.20. The zero-order chi connectivity index (χ0) is 24.5. The van der Waals surface area contributed by atoms with Crippen molar-refractivity contribution in [3.8, 4) is 0 Å². The number of hydrogen-bond donors (Lipinski definition) is 1. The molecule has 0 amide bonds. The number of carbonyl (C=O) groups excluding carboxylic acids is 2. The molecule has 7 atom stereocenters. The van der Waals surface area contributed by atoms with Crippen molar-refractivity contribution < 1.29 is 22.7 Å². The molecule has 3 fully saturated rings. The summed E-state index contributed by atoms with van der Waals surface area (Å²) in [4.78, 5) is 28.8. The highest BCUT2D eigenvalue weighted by molar-refractivity contribution is 7.89. The summed E-state index contributed by atoms with van der Waals surface area (Å²) in [7, 11) is -3.95. The van der Waals surface area contributed by atoms with Gasteiger partial charge in [0.05, 0.1) is 5.56 Å². The van der Waals surface area contributed by atoms with Crippen LogP contribution in [0, 0.1) is 34.5 Å². The number of fused-ring (bicyclic) bond motifs is 5. The second kappa shape index (κ2) is 7.98. The number of sulfonamides is 1. The number of primary sulfonamides is 1. The number of rotatable bonds is 3. The Hall–Kier alpha value is -2.06. The van der Waals surface area contributed by atoms with E-state index < -0.39 is 16.0 Å². The predicted molar refractivity (Wildman–Crippen MR) is 126 cm³/mol. The Morgan fingerprint density at radius 3 is 2.65 bits per heavy atom. The molecule has 34 heavy (non-hydrogen) atoms. The number of allylic oxidation sites excluding steroid dienone is 1. The molecule has 7 nitrogen and oxygen atoms in total. The molecule has 1 aromatic heterocycles. The van der Waals surface area contributed by atoms with Crippen molar-refractivity contribution in [2.24, 2.45) is 39.6 Å². The zero-order valence-corrected chi connectivity index (χ0v) is 20.9. The molecule has 0 radical (unpaired) electrons. The third-order valence-electron chi connectivity index (χ3n) is 9.75. The molecule has 2 N–H and O–H groups in total. The van der Waals surface area contributed by atoms with Crippen LogP contribution in [0.1, 0.15) is 76.1 Å². The lowest BCUT2D eigenvalue weighted by atomic mass is 9.45. The molecule has 184 valence electrons. The molecular weight excluding hydrogens is 452 g/mol. The third kappa shape index (κ3) is 3.65. The minimum Gasteiger partial charge on any atom is -0.458 e. The lowest BCUT2D eigenvalue weighted by Gasteiger charge is -2.59. The van der Waals surface area contributed by atoms with Gasteiger partial charge in [-0.1, -0.05) is 26.3 Å². The number of hydrogen-bond acceptors (Lipinski definition) is 6. The Morgan fingerprint density at radius 2 is 1.91 bits per heavy atom. The number of nitrogens with zero attached hydrogens (tertiary/aromatic N) is 1. The summed E-state index contributed by atoms with van der Waals surface area (Å²) in [6.07, 6.45) is 10.6. The topological polar surface area (TPSA) is 116 Å². The van der Waals surface area contributed by atoms with Gasteiger partial charge in [0, 0.05) is 24.2 Å². The molecule has 3 saturated carbocycles. The largest absolute Gasteiger partial charge is 0.458 e. The van der Waals surface area contributed by atoms with E-state index >= 15 is 0 Å². The molecule has 0 saturated heterocycles. The number of ether oxygens (including phenoxy) is 1. The third-order valence-corrected chi connectivity index (χ3v) is 10.6. The molecule has 8 heteroatoms. The summed E-state index contributed by atoms with van der Waals surface area (Å²) < 4.78 is 29.4.